The van der Waals surface area contributed by atoms with Crippen molar-refractivity contribution in [2.45, 2.75) is 32.4 Å². The molecule has 8 heteroatoms. The zero-order valence-electron chi connectivity index (χ0n) is 22.3. The summed E-state index contributed by atoms with van der Waals surface area (Å²) in [4.78, 5) is 28.3. The zero-order chi connectivity index (χ0) is 27.5. The molecule has 0 fully saturated rings. The molecule has 0 radical (unpaired) electrons. The molecule has 0 aliphatic carbocycles. The van der Waals surface area contributed by atoms with Gasteiger partial charge in [0.25, 0.3) is 0 Å². The molecular weight excluding hydrogens is 511 g/mol. The summed E-state index contributed by atoms with van der Waals surface area (Å²) in [6, 6.07) is 22.2. The molecular formula is C31H31FN4O2S. The van der Waals surface area contributed by atoms with Crippen molar-refractivity contribution in [1.82, 2.24) is 15.1 Å². The van der Waals surface area contributed by atoms with Gasteiger partial charge in [0.2, 0.25) is 11.8 Å². The smallest absolute Gasteiger partial charge is 0.240 e. The Hall–Kier alpha value is -3.91. The van der Waals surface area contributed by atoms with Crippen LogP contribution in [0.1, 0.15) is 40.8 Å². The van der Waals surface area contributed by atoms with Crippen molar-refractivity contribution in [2.75, 3.05) is 23.7 Å². The van der Waals surface area contributed by atoms with Gasteiger partial charge in [-0.1, -0.05) is 61.5 Å². The maximum Gasteiger partial charge on any atom is 0.240 e. The van der Waals surface area contributed by atoms with E-state index in [2.05, 4.69) is 5.32 Å². The number of halogens is 1. The number of anilines is 1. The van der Waals surface area contributed by atoms with Crippen LogP contribution >= 0.6 is 11.8 Å². The van der Waals surface area contributed by atoms with Crippen LogP contribution in [0.25, 0.3) is 16.9 Å². The second-order valence-corrected chi connectivity index (χ2v) is 10.7. The molecule has 1 atom stereocenters. The first-order chi connectivity index (χ1) is 18.9. The lowest BCUT2D eigenvalue weighted by Crippen LogP contribution is -2.42. The van der Waals surface area contributed by atoms with Crippen molar-refractivity contribution in [3.8, 4) is 16.9 Å². The standard InChI is InChI=1S/C31H31FN4O2S/c1-4-17-33-26(37)18-35-27(38)19-39-30(23-13-15-24(32)16-14-23)28-29(22-10-6-5-7-11-22)34-36(31(28)35)25-12-8-9-20(2)21(25)3/h5-16,30H,4,17-19H2,1-3H3,(H,33,37). The highest BCUT2D eigenvalue weighted by atomic mass is 32.2. The predicted octanol–water partition coefficient (Wildman–Crippen LogP) is 5.99. The fourth-order valence-corrected chi connectivity index (χ4v) is 6.02. The van der Waals surface area contributed by atoms with E-state index in [1.807, 2.05) is 74.0 Å². The average Bonchev–Trinajstić information content (AvgIpc) is 3.26. The first kappa shape index (κ1) is 26.7. The molecule has 0 saturated heterocycles. The van der Waals surface area contributed by atoms with E-state index in [-0.39, 0.29) is 35.2 Å². The minimum atomic E-state index is -0.322. The largest absolute Gasteiger partial charge is 0.355 e. The van der Waals surface area contributed by atoms with Crippen LogP contribution in [-0.4, -0.2) is 40.4 Å². The van der Waals surface area contributed by atoms with E-state index < -0.39 is 0 Å². The summed E-state index contributed by atoms with van der Waals surface area (Å²) in [5.41, 5.74) is 6.27. The molecule has 3 aromatic carbocycles. The molecule has 1 aliphatic heterocycles. The van der Waals surface area contributed by atoms with Gasteiger partial charge in [0.15, 0.2) is 0 Å². The summed E-state index contributed by atoms with van der Waals surface area (Å²) in [5.74, 6) is 0.00874. The maximum atomic E-state index is 13.9. The van der Waals surface area contributed by atoms with E-state index in [0.29, 0.717) is 12.4 Å². The van der Waals surface area contributed by atoms with Crippen molar-refractivity contribution in [1.29, 1.82) is 0 Å². The Balaban J connectivity index is 1.81. The van der Waals surface area contributed by atoms with Gasteiger partial charge in [0.1, 0.15) is 18.2 Å². The molecule has 0 saturated carbocycles. The van der Waals surface area contributed by atoms with Crippen molar-refractivity contribution in [3.63, 3.8) is 0 Å². The third-order valence-corrected chi connectivity index (χ3v) is 8.24. The third-order valence-electron chi connectivity index (χ3n) is 6.99. The van der Waals surface area contributed by atoms with E-state index >= 15 is 0 Å². The lowest BCUT2D eigenvalue weighted by molar-refractivity contribution is -0.122. The maximum absolute atomic E-state index is 13.9. The molecule has 2 heterocycles. The third kappa shape index (κ3) is 5.34. The molecule has 200 valence electrons. The number of hydrogen-bond donors (Lipinski definition) is 1. The van der Waals surface area contributed by atoms with Crippen molar-refractivity contribution in [3.05, 3.63) is 101 Å². The van der Waals surface area contributed by atoms with Gasteiger partial charge in [-0.05, 0) is 55.2 Å². The molecule has 1 unspecified atom stereocenters. The van der Waals surface area contributed by atoms with Gasteiger partial charge < -0.3 is 5.32 Å². The SMILES string of the molecule is CCCNC(=O)CN1C(=O)CSC(c2ccc(F)cc2)c2c(-c3ccccc3)nn(-c3cccc(C)c3C)c21. The van der Waals surface area contributed by atoms with E-state index in [0.717, 1.165) is 45.6 Å². The number of thioether (sulfide) groups is 1. The van der Waals surface area contributed by atoms with E-state index in [1.54, 1.807) is 17.0 Å². The number of nitrogens with zero attached hydrogens (tertiary/aromatic N) is 3. The van der Waals surface area contributed by atoms with Crippen LogP contribution in [0.2, 0.25) is 0 Å². The van der Waals surface area contributed by atoms with Crippen LogP contribution in [0, 0.1) is 19.7 Å². The number of carbonyl (C=O) groups is 2. The zero-order valence-corrected chi connectivity index (χ0v) is 23.1. The number of rotatable bonds is 7. The quantitative estimate of drug-likeness (QED) is 0.312. The van der Waals surface area contributed by atoms with Crippen molar-refractivity contribution in [2.24, 2.45) is 0 Å². The Kier molecular flexibility index (Phi) is 7.84. The van der Waals surface area contributed by atoms with E-state index in [9.17, 15) is 14.0 Å². The fraction of sp³-hybridized carbons (Fsp3) is 0.258. The van der Waals surface area contributed by atoms with Gasteiger partial charge in [0.05, 0.1) is 22.4 Å². The molecule has 6 nitrogen and oxygen atoms in total. The van der Waals surface area contributed by atoms with Crippen LogP contribution in [0.15, 0.2) is 72.8 Å². The molecule has 0 spiro atoms. The highest BCUT2D eigenvalue weighted by Gasteiger charge is 2.38. The molecule has 2 amide bonds. The summed E-state index contributed by atoms with van der Waals surface area (Å²) in [5, 5.41) is 7.73. The van der Waals surface area contributed by atoms with Gasteiger partial charge >= 0.3 is 0 Å². The Bertz CT molecular complexity index is 1500. The first-order valence-electron chi connectivity index (χ1n) is 13.1. The van der Waals surface area contributed by atoms with Crippen LogP contribution in [0.4, 0.5) is 10.2 Å². The average molecular weight is 543 g/mol. The Morgan fingerprint density at radius 2 is 1.79 bits per heavy atom. The van der Waals surface area contributed by atoms with Crippen LogP contribution in [0.5, 0.6) is 0 Å². The van der Waals surface area contributed by atoms with Crippen molar-refractivity contribution >= 4 is 29.4 Å². The number of benzene rings is 3. The van der Waals surface area contributed by atoms with E-state index in [1.165, 1.54) is 23.9 Å². The number of hydrogen-bond acceptors (Lipinski definition) is 4. The number of fused-ring (bicyclic) bond motifs is 1. The Morgan fingerprint density at radius 3 is 2.51 bits per heavy atom. The molecule has 4 aromatic rings. The van der Waals surface area contributed by atoms with Gasteiger partial charge in [-0.15, -0.1) is 11.8 Å². The highest BCUT2D eigenvalue weighted by Crippen LogP contribution is 2.48. The van der Waals surface area contributed by atoms with Crippen LogP contribution in [0.3, 0.4) is 0 Å². The van der Waals surface area contributed by atoms with E-state index in [4.69, 9.17) is 5.10 Å². The summed E-state index contributed by atoms with van der Waals surface area (Å²) in [6.45, 7) is 6.47. The molecule has 5 rings (SSSR count). The summed E-state index contributed by atoms with van der Waals surface area (Å²) in [6.07, 6.45) is 0.798. The van der Waals surface area contributed by atoms with Gasteiger partial charge in [0, 0.05) is 17.7 Å². The highest BCUT2D eigenvalue weighted by molar-refractivity contribution is 8.00. The molecule has 1 aromatic heterocycles. The Morgan fingerprint density at radius 1 is 1.05 bits per heavy atom. The predicted molar refractivity (Wildman–Crippen MR) is 155 cm³/mol. The normalized spacial score (nSPS) is 15.1. The number of carbonyl (C=O) groups excluding carboxylic acids is 2. The second-order valence-electron chi connectivity index (χ2n) is 9.66. The monoisotopic (exact) mass is 542 g/mol. The van der Waals surface area contributed by atoms with Crippen molar-refractivity contribution < 1.29 is 14.0 Å². The van der Waals surface area contributed by atoms with Crippen LogP contribution < -0.4 is 10.2 Å². The number of nitrogens with one attached hydrogen (secondary N) is 1. The number of amides is 2. The van der Waals surface area contributed by atoms with Crippen LogP contribution in [-0.2, 0) is 9.59 Å². The molecule has 39 heavy (non-hydrogen) atoms. The van der Waals surface area contributed by atoms with Gasteiger partial charge in [-0.25, -0.2) is 9.07 Å². The first-order valence-corrected chi connectivity index (χ1v) is 14.1. The molecule has 0 bridgehead atoms. The lowest BCUT2D eigenvalue weighted by atomic mass is 9.99. The number of aryl methyl sites for hydroxylation is 1. The number of aromatic nitrogens is 2. The topological polar surface area (TPSA) is 67.2 Å². The fourth-order valence-electron chi connectivity index (χ4n) is 4.83. The summed E-state index contributed by atoms with van der Waals surface area (Å²) in [7, 11) is 0. The minimum Gasteiger partial charge on any atom is -0.355 e. The molecule has 1 aliphatic rings. The second kappa shape index (κ2) is 11.5. The lowest BCUT2D eigenvalue weighted by Gasteiger charge is -2.24. The molecule has 1 N–H and O–H groups in total. The summed E-state index contributed by atoms with van der Waals surface area (Å²) >= 11 is 1.47. The van der Waals surface area contributed by atoms with Gasteiger partial charge in [-0.3, -0.25) is 14.5 Å². The van der Waals surface area contributed by atoms with Gasteiger partial charge in [-0.2, -0.15) is 5.10 Å². The Labute approximate surface area is 232 Å². The summed E-state index contributed by atoms with van der Waals surface area (Å²) < 4.78 is 15.7. The minimum absolute atomic E-state index is 0.118.